The number of nitrogens with one attached hydrogen (secondary N) is 2. The van der Waals surface area contributed by atoms with E-state index in [0.717, 1.165) is 17.7 Å². The molecule has 7 heteroatoms. The lowest BCUT2D eigenvalue weighted by atomic mass is 9.95. The van der Waals surface area contributed by atoms with Crippen LogP contribution in [0.1, 0.15) is 29.9 Å². The van der Waals surface area contributed by atoms with Crippen molar-refractivity contribution in [3.63, 3.8) is 0 Å². The maximum atomic E-state index is 12.3. The van der Waals surface area contributed by atoms with Crippen LogP contribution in [0.5, 0.6) is 0 Å². The van der Waals surface area contributed by atoms with Crippen molar-refractivity contribution in [3.8, 4) is 0 Å². The van der Waals surface area contributed by atoms with Gasteiger partial charge in [-0.3, -0.25) is 4.79 Å². The molecule has 2 aromatic rings. The molecular formula is C16H16ClN3O2S. The van der Waals surface area contributed by atoms with Crippen LogP contribution in [0, 0.1) is 0 Å². The molecule has 2 saturated heterocycles. The van der Waals surface area contributed by atoms with Gasteiger partial charge < -0.3 is 15.1 Å². The minimum Gasteiger partial charge on any atom is -0.425 e. The van der Waals surface area contributed by atoms with Gasteiger partial charge in [-0.25, -0.2) is 4.98 Å². The molecule has 5 nitrogen and oxygen atoms in total. The van der Waals surface area contributed by atoms with Crippen LogP contribution in [0.3, 0.4) is 0 Å². The highest BCUT2D eigenvalue weighted by molar-refractivity contribution is 7.99. The largest absolute Gasteiger partial charge is 0.425 e. The van der Waals surface area contributed by atoms with E-state index in [4.69, 9.17) is 16.0 Å². The van der Waals surface area contributed by atoms with E-state index in [1.165, 1.54) is 18.2 Å². The molecule has 2 bridgehead atoms. The molecule has 0 saturated carbocycles. The first-order valence-electron chi connectivity index (χ1n) is 7.64. The third-order valence-corrected chi connectivity index (χ3v) is 5.75. The SMILES string of the molecule is O=C(N[C@@H]1C[C@H]2CC[C@@H]1N2)c1ncc(Sc2ccccc2Cl)o1. The average molecular weight is 350 g/mol. The summed E-state index contributed by atoms with van der Waals surface area (Å²) in [6.45, 7) is 0. The minimum atomic E-state index is -0.254. The zero-order valence-corrected chi connectivity index (χ0v) is 13.9. The van der Waals surface area contributed by atoms with Crippen molar-refractivity contribution >= 4 is 29.3 Å². The fourth-order valence-corrected chi connectivity index (χ4v) is 4.27. The molecule has 2 aliphatic rings. The highest BCUT2D eigenvalue weighted by Crippen LogP contribution is 2.33. The highest BCUT2D eigenvalue weighted by atomic mass is 35.5. The number of aromatic nitrogens is 1. The van der Waals surface area contributed by atoms with Crippen LogP contribution in [-0.4, -0.2) is 29.0 Å². The third-order valence-electron chi connectivity index (χ3n) is 4.34. The summed E-state index contributed by atoms with van der Waals surface area (Å²) in [5, 5.41) is 7.71. The molecule has 3 heterocycles. The van der Waals surface area contributed by atoms with Gasteiger partial charge in [-0.15, -0.1) is 0 Å². The van der Waals surface area contributed by atoms with Crippen LogP contribution in [0.25, 0.3) is 0 Å². The number of benzene rings is 1. The molecule has 120 valence electrons. The predicted molar refractivity (Wildman–Crippen MR) is 87.9 cm³/mol. The Hall–Kier alpha value is -1.50. The molecule has 0 unspecified atom stereocenters. The Morgan fingerprint density at radius 3 is 3.00 bits per heavy atom. The summed E-state index contributed by atoms with van der Waals surface area (Å²) in [6, 6.07) is 8.59. The normalized spacial score (nSPS) is 25.7. The van der Waals surface area contributed by atoms with Crippen LogP contribution >= 0.6 is 23.4 Å². The number of fused-ring (bicyclic) bond motifs is 2. The zero-order valence-electron chi connectivity index (χ0n) is 12.3. The Balaban J connectivity index is 1.41. The number of carbonyl (C=O) groups excluding carboxylic acids is 1. The first kappa shape index (κ1) is 15.1. The summed E-state index contributed by atoms with van der Waals surface area (Å²) >= 11 is 7.48. The monoisotopic (exact) mass is 349 g/mol. The van der Waals surface area contributed by atoms with Crippen molar-refractivity contribution in [2.45, 2.75) is 47.4 Å². The van der Waals surface area contributed by atoms with Crippen LogP contribution in [0.15, 0.2) is 44.9 Å². The van der Waals surface area contributed by atoms with Crippen molar-refractivity contribution < 1.29 is 9.21 Å². The molecule has 4 rings (SSSR count). The number of oxazole rings is 1. The molecule has 1 amide bonds. The van der Waals surface area contributed by atoms with Gasteiger partial charge in [0, 0.05) is 23.0 Å². The molecule has 0 radical (unpaired) electrons. The van der Waals surface area contributed by atoms with Gasteiger partial charge in [-0.1, -0.05) is 23.7 Å². The van der Waals surface area contributed by atoms with Crippen LogP contribution in [0.2, 0.25) is 5.02 Å². The molecule has 1 aromatic heterocycles. The van der Waals surface area contributed by atoms with Gasteiger partial charge >= 0.3 is 5.91 Å². The number of rotatable bonds is 4. The first-order chi connectivity index (χ1) is 11.2. The summed E-state index contributed by atoms with van der Waals surface area (Å²) in [5.41, 5.74) is 0. The van der Waals surface area contributed by atoms with Gasteiger partial charge in [-0.05, 0) is 43.2 Å². The molecule has 0 aliphatic carbocycles. The van der Waals surface area contributed by atoms with Crippen molar-refractivity contribution in [2.24, 2.45) is 0 Å². The first-order valence-corrected chi connectivity index (χ1v) is 8.83. The number of nitrogens with zero attached hydrogens (tertiary/aromatic N) is 1. The summed E-state index contributed by atoms with van der Waals surface area (Å²) in [4.78, 5) is 17.2. The summed E-state index contributed by atoms with van der Waals surface area (Å²) in [6.07, 6.45) is 4.86. The molecule has 2 fully saturated rings. The fourth-order valence-electron chi connectivity index (χ4n) is 3.26. The van der Waals surface area contributed by atoms with E-state index >= 15 is 0 Å². The second-order valence-corrected chi connectivity index (χ2v) is 7.33. The number of hydrogen-bond acceptors (Lipinski definition) is 5. The lowest BCUT2D eigenvalue weighted by Crippen LogP contribution is -2.43. The minimum absolute atomic E-state index is 0.0994. The van der Waals surface area contributed by atoms with Crippen molar-refractivity contribution in [1.82, 2.24) is 15.6 Å². The standard InChI is InChI=1S/C16H16ClN3O2S/c17-10-3-1-2-4-13(10)23-14-8-18-16(22-14)15(21)20-12-7-9-5-6-11(12)19-9/h1-4,8-9,11-12,19H,5-7H2,(H,20,21)/t9-,11+,12-/m1/s1. The fraction of sp³-hybridized carbons (Fsp3) is 0.375. The van der Waals surface area contributed by atoms with E-state index in [1.54, 1.807) is 6.20 Å². The predicted octanol–water partition coefficient (Wildman–Crippen LogP) is 3.10. The van der Waals surface area contributed by atoms with E-state index in [1.807, 2.05) is 24.3 Å². The second kappa shape index (κ2) is 6.19. The molecular weight excluding hydrogens is 334 g/mol. The number of halogens is 1. The Bertz CT molecular complexity index is 736. The third kappa shape index (κ3) is 3.11. The summed E-state index contributed by atoms with van der Waals surface area (Å²) in [5.74, 6) is -0.155. The second-order valence-electron chi connectivity index (χ2n) is 5.88. The maximum absolute atomic E-state index is 12.3. The summed E-state index contributed by atoms with van der Waals surface area (Å²) < 4.78 is 5.56. The van der Waals surface area contributed by atoms with Gasteiger partial charge in [0.1, 0.15) is 0 Å². The lowest BCUT2D eigenvalue weighted by molar-refractivity contribution is 0.0890. The highest BCUT2D eigenvalue weighted by Gasteiger charge is 2.40. The van der Waals surface area contributed by atoms with Gasteiger partial charge in [0.05, 0.1) is 11.2 Å². The van der Waals surface area contributed by atoms with E-state index in [9.17, 15) is 4.79 Å². The van der Waals surface area contributed by atoms with Crippen LogP contribution in [-0.2, 0) is 0 Å². The Morgan fingerprint density at radius 1 is 1.39 bits per heavy atom. The molecule has 0 spiro atoms. The van der Waals surface area contributed by atoms with Gasteiger partial charge in [0.2, 0.25) is 0 Å². The zero-order chi connectivity index (χ0) is 15.8. The smallest absolute Gasteiger partial charge is 0.307 e. The van der Waals surface area contributed by atoms with Crippen LogP contribution in [0.4, 0.5) is 0 Å². The van der Waals surface area contributed by atoms with Crippen molar-refractivity contribution in [1.29, 1.82) is 0 Å². The number of carbonyl (C=O) groups is 1. The maximum Gasteiger partial charge on any atom is 0.307 e. The molecule has 2 aliphatic heterocycles. The van der Waals surface area contributed by atoms with Crippen LogP contribution < -0.4 is 10.6 Å². The number of hydrogen-bond donors (Lipinski definition) is 2. The van der Waals surface area contributed by atoms with Crippen molar-refractivity contribution in [2.75, 3.05) is 0 Å². The Kier molecular flexibility index (Phi) is 4.05. The lowest BCUT2D eigenvalue weighted by Gasteiger charge is -2.20. The molecule has 3 atom stereocenters. The molecule has 23 heavy (non-hydrogen) atoms. The van der Waals surface area contributed by atoms with Gasteiger partial charge in [0.15, 0.2) is 5.09 Å². The van der Waals surface area contributed by atoms with Gasteiger partial charge in [0.25, 0.3) is 5.89 Å². The Morgan fingerprint density at radius 2 is 2.26 bits per heavy atom. The number of amides is 1. The topological polar surface area (TPSA) is 67.2 Å². The van der Waals surface area contributed by atoms with E-state index in [2.05, 4.69) is 15.6 Å². The quantitative estimate of drug-likeness (QED) is 0.887. The van der Waals surface area contributed by atoms with Gasteiger partial charge in [-0.2, -0.15) is 0 Å². The van der Waals surface area contributed by atoms with E-state index < -0.39 is 0 Å². The Labute approximate surface area is 143 Å². The summed E-state index contributed by atoms with van der Waals surface area (Å²) in [7, 11) is 0. The van der Waals surface area contributed by atoms with E-state index in [-0.39, 0.29) is 17.8 Å². The van der Waals surface area contributed by atoms with E-state index in [0.29, 0.717) is 22.2 Å². The van der Waals surface area contributed by atoms with Crippen molar-refractivity contribution in [3.05, 3.63) is 41.4 Å². The average Bonchev–Trinajstić information content (AvgIpc) is 3.26. The molecule has 2 N–H and O–H groups in total. The molecule has 1 aromatic carbocycles.